The number of ether oxygens (including phenoxy) is 1. The minimum Gasteiger partial charge on any atom is -0.384 e. The van der Waals surface area contributed by atoms with Crippen LogP contribution in [0.25, 0.3) is 11.4 Å². The van der Waals surface area contributed by atoms with Gasteiger partial charge in [0.1, 0.15) is 5.60 Å². The molecule has 44 heavy (non-hydrogen) atoms. The molecule has 0 unspecified atom stereocenters. The molecule has 1 aliphatic carbocycles. The lowest BCUT2D eigenvalue weighted by Gasteiger charge is -2.36. The van der Waals surface area contributed by atoms with E-state index in [-0.39, 0.29) is 36.3 Å². The molecule has 2 aliphatic rings. The number of amides is 1. The molecule has 1 aromatic carbocycles. The normalized spacial score (nSPS) is 23.9. The van der Waals surface area contributed by atoms with Crippen molar-refractivity contribution in [3.05, 3.63) is 77.9 Å². The van der Waals surface area contributed by atoms with Crippen LogP contribution in [0.4, 0.5) is 13.2 Å². The number of ketones is 1. The van der Waals surface area contributed by atoms with Crippen molar-refractivity contribution in [2.45, 2.75) is 69.2 Å². The van der Waals surface area contributed by atoms with Gasteiger partial charge in [-0.05, 0) is 80.7 Å². The zero-order chi connectivity index (χ0) is 31.3. The largest absolute Gasteiger partial charge is 0.416 e. The second kappa shape index (κ2) is 13.5. The highest BCUT2D eigenvalue weighted by atomic mass is 19.4. The number of pyridine rings is 1. The number of halogens is 3. The number of likely N-dealkylation sites (tertiary alicyclic amines) is 1. The van der Waals surface area contributed by atoms with Crippen LogP contribution in [0.15, 0.2) is 61.1 Å². The lowest BCUT2D eigenvalue weighted by Crippen LogP contribution is -2.38. The first kappa shape index (κ1) is 31.7. The van der Waals surface area contributed by atoms with Crippen LogP contribution in [0.1, 0.15) is 73.0 Å². The van der Waals surface area contributed by atoms with Gasteiger partial charge in [-0.15, -0.1) is 0 Å². The van der Waals surface area contributed by atoms with Gasteiger partial charge in [0.2, 0.25) is 5.91 Å². The van der Waals surface area contributed by atoms with Crippen LogP contribution in [-0.2, 0) is 21.3 Å². The summed E-state index contributed by atoms with van der Waals surface area (Å²) < 4.78 is 44.5. The van der Waals surface area contributed by atoms with Crippen LogP contribution < -0.4 is 0 Å². The minimum absolute atomic E-state index is 0.0472. The van der Waals surface area contributed by atoms with E-state index >= 15 is 0 Å². The van der Waals surface area contributed by atoms with Crippen molar-refractivity contribution in [1.82, 2.24) is 19.9 Å². The Morgan fingerprint density at radius 3 is 2.43 bits per heavy atom. The molecule has 2 aromatic heterocycles. The van der Waals surface area contributed by atoms with Crippen molar-refractivity contribution in [3.63, 3.8) is 0 Å². The molecule has 3 heterocycles. The third-order valence-corrected chi connectivity index (χ3v) is 8.92. The van der Waals surface area contributed by atoms with Gasteiger partial charge in [0.05, 0.1) is 23.9 Å². The van der Waals surface area contributed by atoms with Crippen molar-refractivity contribution in [1.29, 1.82) is 0 Å². The van der Waals surface area contributed by atoms with E-state index in [2.05, 4.69) is 15.0 Å². The standard InChI is InChI=1S/C33H37F3N4O4/c1-44-21-27-17-23(20-40(27)30(42)9-7-28(41)24-4-2-5-26(18-24)33(34,35)36)16-22-10-12-32(43,13-11-22)29-8-6-25(19-39-29)31-37-14-3-15-38-31/h2-6,8,14-15,18-19,22-23,27,43H,7,9-13,16-17,20-21H2,1H3/t22?,23-,27-,32?/m0/s1. The van der Waals surface area contributed by atoms with E-state index in [4.69, 9.17) is 4.74 Å². The molecule has 0 bridgehead atoms. The van der Waals surface area contributed by atoms with Crippen LogP contribution in [0, 0.1) is 11.8 Å². The Bertz CT molecular complexity index is 1430. The predicted octanol–water partition coefficient (Wildman–Crippen LogP) is 5.85. The smallest absolute Gasteiger partial charge is 0.384 e. The molecular formula is C33H37F3N4O4. The van der Waals surface area contributed by atoms with Crippen molar-refractivity contribution in [3.8, 4) is 11.4 Å². The number of hydrogen-bond acceptors (Lipinski definition) is 7. The summed E-state index contributed by atoms with van der Waals surface area (Å²) in [6.45, 7) is 0.930. The van der Waals surface area contributed by atoms with E-state index in [9.17, 15) is 27.9 Å². The number of rotatable bonds is 10. The number of alkyl halides is 3. The Balaban J connectivity index is 1.13. The third kappa shape index (κ3) is 7.50. The van der Waals surface area contributed by atoms with Crippen molar-refractivity contribution >= 4 is 11.7 Å². The zero-order valence-electron chi connectivity index (χ0n) is 24.7. The molecular weight excluding hydrogens is 573 g/mol. The SMILES string of the molecule is COC[C@@H]1C[C@H](CC2CCC(O)(c3ccc(-c4ncccn4)cn3)CC2)CN1C(=O)CCC(=O)c1cccc(C(F)(F)F)c1. The molecule has 2 atom stereocenters. The third-order valence-electron chi connectivity index (χ3n) is 8.92. The number of carbonyl (C=O) groups excluding carboxylic acids is 2. The van der Waals surface area contributed by atoms with Crippen LogP contribution in [0.2, 0.25) is 0 Å². The van der Waals surface area contributed by atoms with E-state index in [0.717, 1.165) is 43.4 Å². The summed E-state index contributed by atoms with van der Waals surface area (Å²) in [5.74, 6) is 0.565. The molecule has 234 valence electrons. The molecule has 3 aromatic rings. The van der Waals surface area contributed by atoms with Crippen LogP contribution in [-0.4, -0.2) is 63.0 Å². The number of Topliss-reactive ketones (excluding diaryl/α,β-unsaturated/α-hetero) is 1. The summed E-state index contributed by atoms with van der Waals surface area (Å²) in [5.41, 5.74) is -0.486. The van der Waals surface area contributed by atoms with Crippen molar-refractivity contribution in [2.75, 3.05) is 20.3 Å². The molecule has 1 N–H and O–H groups in total. The topological polar surface area (TPSA) is 106 Å². The predicted molar refractivity (Wildman–Crippen MR) is 156 cm³/mol. The summed E-state index contributed by atoms with van der Waals surface area (Å²) in [4.78, 5) is 40.6. The Morgan fingerprint density at radius 1 is 1.02 bits per heavy atom. The van der Waals surface area contributed by atoms with Crippen LogP contribution in [0.3, 0.4) is 0 Å². The van der Waals surface area contributed by atoms with Crippen LogP contribution >= 0.6 is 0 Å². The van der Waals surface area contributed by atoms with Gasteiger partial charge in [-0.25, -0.2) is 9.97 Å². The highest BCUT2D eigenvalue weighted by Crippen LogP contribution is 2.42. The Labute approximate surface area is 254 Å². The second-order valence-electron chi connectivity index (χ2n) is 12.0. The molecule has 0 radical (unpaired) electrons. The molecule has 2 fully saturated rings. The Kier molecular flexibility index (Phi) is 9.75. The molecule has 1 aliphatic heterocycles. The van der Waals surface area contributed by atoms with E-state index in [1.54, 1.807) is 36.7 Å². The summed E-state index contributed by atoms with van der Waals surface area (Å²) >= 11 is 0. The number of benzene rings is 1. The number of nitrogens with zero attached hydrogens (tertiary/aromatic N) is 4. The van der Waals surface area contributed by atoms with Gasteiger partial charge in [0, 0.05) is 56.2 Å². The average molecular weight is 611 g/mol. The average Bonchev–Trinajstić information content (AvgIpc) is 3.43. The maximum atomic E-state index is 13.2. The van der Waals surface area contributed by atoms with E-state index < -0.39 is 23.1 Å². The highest BCUT2D eigenvalue weighted by Gasteiger charge is 2.40. The van der Waals surface area contributed by atoms with Gasteiger partial charge in [0.15, 0.2) is 11.6 Å². The fraction of sp³-hybridized carbons (Fsp3) is 0.485. The first-order chi connectivity index (χ1) is 21.1. The fourth-order valence-electron chi connectivity index (χ4n) is 6.59. The highest BCUT2D eigenvalue weighted by molar-refractivity contribution is 5.98. The summed E-state index contributed by atoms with van der Waals surface area (Å²) in [6, 6.07) is 9.68. The number of aromatic nitrogens is 3. The summed E-state index contributed by atoms with van der Waals surface area (Å²) in [6.07, 6.45) is 4.86. The first-order valence-corrected chi connectivity index (χ1v) is 15.0. The van der Waals surface area contributed by atoms with Gasteiger partial charge in [-0.1, -0.05) is 12.1 Å². The molecule has 11 heteroatoms. The van der Waals surface area contributed by atoms with Gasteiger partial charge < -0.3 is 14.7 Å². The number of methoxy groups -OCH3 is 1. The molecule has 1 saturated carbocycles. The van der Waals surface area contributed by atoms with Crippen molar-refractivity contribution < 1.29 is 32.6 Å². The van der Waals surface area contributed by atoms with Gasteiger partial charge in [0.25, 0.3) is 0 Å². The Hall–Kier alpha value is -3.70. The van der Waals surface area contributed by atoms with Gasteiger partial charge in [-0.2, -0.15) is 13.2 Å². The first-order valence-electron chi connectivity index (χ1n) is 15.0. The number of aliphatic hydroxyl groups is 1. The molecule has 5 rings (SSSR count). The summed E-state index contributed by atoms with van der Waals surface area (Å²) in [7, 11) is 1.59. The molecule has 1 amide bonds. The van der Waals surface area contributed by atoms with Gasteiger partial charge >= 0.3 is 6.18 Å². The molecule has 0 spiro atoms. The number of hydrogen-bond donors (Lipinski definition) is 1. The summed E-state index contributed by atoms with van der Waals surface area (Å²) in [5, 5.41) is 11.4. The van der Waals surface area contributed by atoms with E-state index in [0.29, 0.717) is 43.4 Å². The monoisotopic (exact) mass is 610 g/mol. The molecule has 1 saturated heterocycles. The second-order valence-corrected chi connectivity index (χ2v) is 12.0. The maximum Gasteiger partial charge on any atom is 0.416 e. The van der Waals surface area contributed by atoms with E-state index in [1.165, 1.54) is 12.1 Å². The van der Waals surface area contributed by atoms with Crippen LogP contribution in [0.5, 0.6) is 0 Å². The van der Waals surface area contributed by atoms with E-state index in [1.807, 2.05) is 12.1 Å². The lowest BCUT2D eigenvalue weighted by atomic mass is 9.74. The maximum absolute atomic E-state index is 13.2. The van der Waals surface area contributed by atoms with Crippen molar-refractivity contribution in [2.24, 2.45) is 11.8 Å². The van der Waals surface area contributed by atoms with Gasteiger partial charge in [-0.3, -0.25) is 14.6 Å². The quantitative estimate of drug-likeness (QED) is 0.287. The minimum atomic E-state index is -4.54. The lowest BCUT2D eigenvalue weighted by molar-refractivity contribution is -0.137. The Morgan fingerprint density at radius 2 is 1.77 bits per heavy atom. The molecule has 8 nitrogen and oxygen atoms in total. The number of carbonyl (C=O) groups is 2. The zero-order valence-corrected chi connectivity index (χ0v) is 24.7. The fourth-order valence-corrected chi connectivity index (χ4v) is 6.59.